The Balaban J connectivity index is 1.74. The molecule has 0 heterocycles. The van der Waals surface area contributed by atoms with Crippen molar-refractivity contribution in [3.63, 3.8) is 0 Å². The quantitative estimate of drug-likeness (QED) is 0.631. The Labute approximate surface area is 148 Å². The molecule has 2 N–H and O–H groups in total. The molecule has 8 heteroatoms. The number of carbonyl (C=O) groups is 2. The number of amides is 2. The second-order valence-corrected chi connectivity index (χ2v) is 6.11. The summed E-state index contributed by atoms with van der Waals surface area (Å²) in [5, 5.41) is 16.2. The number of nitro benzene ring substituents is 1. The summed E-state index contributed by atoms with van der Waals surface area (Å²) >= 11 is 5.95. The first-order valence-corrected chi connectivity index (χ1v) is 7.98. The zero-order chi connectivity index (χ0) is 18.0. The van der Waals surface area contributed by atoms with Gasteiger partial charge in [0, 0.05) is 29.4 Å². The molecule has 1 fully saturated rings. The van der Waals surface area contributed by atoms with E-state index in [1.807, 2.05) is 0 Å². The van der Waals surface area contributed by atoms with E-state index in [-0.39, 0.29) is 28.2 Å². The monoisotopic (exact) mass is 359 g/mol. The van der Waals surface area contributed by atoms with E-state index in [2.05, 4.69) is 10.6 Å². The number of nitrogens with zero attached hydrogens (tertiary/aromatic N) is 1. The smallest absolute Gasteiger partial charge is 0.270 e. The number of non-ortho nitro benzene ring substituents is 1. The fraction of sp³-hybridized carbons (Fsp3) is 0.176. The number of nitro groups is 1. The second-order valence-electron chi connectivity index (χ2n) is 5.70. The van der Waals surface area contributed by atoms with Crippen LogP contribution < -0.4 is 10.6 Å². The van der Waals surface area contributed by atoms with Crippen molar-refractivity contribution >= 4 is 34.8 Å². The maximum atomic E-state index is 12.3. The predicted molar refractivity (Wildman–Crippen MR) is 93.0 cm³/mol. The van der Waals surface area contributed by atoms with Gasteiger partial charge in [0.05, 0.1) is 15.5 Å². The van der Waals surface area contributed by atoms with Gasteiger partial charge < -0.3 is 10.6 Å². The van der Waals surface area contributed by atoms with Gasteiger partial charge in [-0.05, 0) is 37.1 Å². The standard InChI is InChI=1S/C17H14ClN3O4/c18-15-9-13(21(24)25)6-7-14(15)17(23)20-12-3-1-2-10(8-12)16(22)19-11-4-5-11/h1-3,6-9,11H,4-5H2,(H,19,22)(H,20,23). The van der Waals surface area contributed by atoms with Crippen LogP contribution in [0.5, 0.6) is 0 Å². The second kappa shape index (κ2) is 6.90. The van der Waals surface area contributed by atoms with Gasteiger partial charge in [-0.25, -0.2) is 0 Å². The summed E-state index contributed by atoms with van der Waals surface area (Å²) in [5.74, 6) is -0.702. The van der Waals surface area contributed by atoms with Crippen molar-refractivity contribution in [2.24, 2.45) is 0 Å². The Bertz CT molecular complexity index is 865. The number of carbonyl (C=O) groups excluding carboxylic acids is 2. The molecule has 2 amide bonds. The summed E-state index contributed by atoms with van der Waals surface area (Å²) in [7, 11) is 0. The molecule has 0 aliphatic heterocycles. The van der Waals surface area contributed by atoms with E-state index in [9.17, 15) is 19.7 Å². The molecule has 0 radical (unpaired) electrons. The molecule has 7 nitrogen and oxygen atoms in total. The van der Waals surface area contributed by atoms with Crippen molar-refractivity contribution in [2.45, 2.75) is 18.9 Å². The van der Waals surface area contributed by atoms with Crippen molar-refractivity contribution in [1.29, 1.82) is 0 Å². The van der Waals surface area contributed by atoms with Gasteiger partial charge in [0.1, 0.15) is 0 Å². The fourth-order valence-electron chi connectivity index (χ4n) is 2.23. The third kappa shape index (κ3) is 4.13. The van der Waals surface area contributed by atoms with E-state index in [1.54, 1.807) is 24.3 Å². The summed E-state index contributed by atoms with van der Waals surface area (Å²) < 4.78 is 0. The lowest BCUT2D eigenvalue weighted by molar-refractivity contribution is -0.384. The molecular weight excluding hydrogens is 346 g/mol. The Morgan fingerprint density at radius 3 is 2.52 bits per heavy atom. The minimum atomic E-state index is -0.588. The third-order valence-corrected chi connectivity index (χ3v) is 4.02. The van der Waals surface area contributed by atoms with Gasteiger partial charge in [0.15, 0.2) is 0 Å². The number of rotatable bonds is 5. The minimum absolute atomic E-state index is 0.0191. The molecule has 3 rings (SSSR count). The third-order valence-electron chi connectivity index (χ3n) is 3.70. The lowest BCUT2D eigenvalue weighted by Gasteiger charge is -2.09. The SMILES string of the molecule is O=C(NC1CC1)c1cccc(NC(=O)c2ccc([N+](=O)[O-])cc2Cl)c1. The van der Waals surface area contributed by atoms with Crippen molar-refractivity contribution in [3.05, 3.63) is 68.7 Å². The Hall–Kier alpha value is -2.93. The zero-order valence-corrected chi connectivity index (χ0v) is 13.7. The van der Waals surface area contributed by atoms with E-state index >= 15 is 0 Å². The molecule has 25 heavy (non-hydrogen) atoms. The summed E-state index contributed by atoms with van der Waals surface area (Å²) in [6.45, 7) is 0. The summed E-state index contributed by atoms with van der Waals surface area (Å²) in [4.78, 5) is 34.5. The highest BCUT2D eigenvalue weighted by Crippen LogP contribution is 2.24. The van der Waals surface area contributed by atoms with Crippen LogP contribution in [0.3, 0.4) is 0 Å². The number of hydrogen-bond acceptors (Lipinski definition) is 4. The minimum Gasteiger partial charge on any atom is -0.349 e. The molecular formula is C17H14ClN3O4. The van der Waals surface area contributed by atoms with Gasteiger partial charge in [0.2, 0.25) is 0 Å². The largest absolute Gasteiger partial charge is 0.349 e. The first kappa shape index (κ1) is 16.9. The maximum absolute atomic E-state index is 12.3. The van der Waals surface area contributed by atoms with E-state index in [4.69, 9.17) is 11.6 Å². The van der Waals surface area contributed by atoms with Crippen molar-refractivity contribution < 1.29 is 14.5 Å². The molecule has 0 atom stereocenters. The van der Waals surface area contributed by atoms with Gasteiger partial charge in [0.25, 0.3) is 17.5 Å². The molecule has 1 aliphatic rings. The van der Waals surface area contributed by atoms with Crippen LogP contribution in [0, 0.1) is 10.1 Å². The molecule has 0 aromatic heterocycles. The maximum Gasteiger partial charge on any atom is 0.270 e. The Kier molecular flexibility index (Phi) is 4.67. The van der Waals surface area contributed by atoms with Crippen LogP contribution in [-0.2, 0) is 0 Å². The molecule has 1 saturated carbocycles. The molecule has 2 aromatic rings. The number of hydrogen-bond donors (Lipinski definition) is 2. The fourth-order valence-corrected chi connectivity index (χ4v) is 2.50. The van der Waals surface area contributed by atoms with Gasteiger partial charge in [-0.1, -0.05) is 17.7 Å². The van der Waals surface area contributed by atoms with E-state index < -0.39 is 10.8 Å². The summed E-state index contributed by atoms with van der Waals surface area (Å²) in [6, 6.07) is 10.4. The number of anilines is 1. The molecule has 2 aromatic carbocycles. The molecule has 0 unspecified atom stereocenters. The topological polar surface area (TPSA) is 101 Å². The van der Waals surface area contributed by atoms with Gasteiger partial charge in [-0.3, -0.25) is 19.7 Å². The normalized spacial score (nSPS) is 13.2. The average Bonchev–Trinajstić information content (AvgIpc) is 3.38. The lowest BCUT2D eigenvalue weighted by atomic mass is 10.1. The lowest BCUT2D eigenvalue weighted by Crippen LogP contribution is -2.25. The molecule has 0 bridgehead atoms. The Morgan fingerprint density at radius 2 is 1.88 bits per heavy atom. The van der Waals surface area contributed by atoms with E-state index in [0.29, 0.717) is 11.3 Å². The zero-order valence-electron chi connectivity index (χ0n) is 13.0. The van der Waals surface area contributed by atoms with E-state index in [0.717, 1.165) is 18.9 Å². The Morgan fingerprint density at radius 1 is 1.12 bits per heavy atom. The van der Waals surface area contributed by atoms with E-state index in [1.165, 1.54) is 12.1 Å². The van der Waals surface area contributed by atoms with Crippen LogP contribution in [0.25, 0.3) is 0 Å². The van der Waals surface area contributed by atoms with Crippen LogP contribution in [0.2, 0.25) is 5.02 Å². The van der Waals surface area contributed by atoms with Crippen LogP contribution in [0.1, 0.15) is 33.6 Å². The highest BCUT2D eigenvalue weighted by molar-refractivity contribution is 6.34. The van der Waals surface area contributed by atoms with Gasteiger partial charge in [-0.2, -0.15) is 0 Å². The summed E-state index contributed by atoms with van der Waals surface area (Å²) in [6.07, 6.45) is 1.97. The van der Waals surface area contributed by atoms with Crippen LogP contribution in [0.15, 0.2) is 42.5 Å². The molecule has 0 spiro atoms. The highest BCUT2D eigenvalue weighted by Gasteiger charge is 2.24. The average molecular weight is 360 g/mol. The van der Waals surface area contributed by atoms with Crippen LogP contribution in [-0.4, -0.2) is 22.8 Å². The van der Waals surface area contributed by atoms with Gasteiger partial charge in [-0.15, -0.1) is 0 Å². The number of benzene rings is 2. The molecule has 0 saturated heterocycles. The number of nitrogens with one attached hydrogen (secondary N) is 2. The summed E-state index contributed by atoms with van der Waals surface area (Å²) in [5.41, 5.74) is 0.794. The van der Waals surface area contributed by atoms with Crippen molar-refractivity contribution in [1.82, 2.24) is 5.32 Å². The molecule has 1 aliphatic carbocycles. The first-order chi connectivity index (χ1) is 11.9. The predicted octanol–water partition coefficient (Wildman–Crippen LogP) is 3.39. The van der Waals surface area contributed by atoms with Crippen LogP contribution in [0.4, 0.5) is 11.4 Å². The van der Waals surface area contributed by atoms with Crippen molar-refractivity contribution in [3.8, 4) is 0 Å². The van der Waals surface area contributed by atoms with Crippen LogP contribution >= 0.6 is 11.6 Å². The number of halogens is 1. The van der Waals surface area contributed by atoms with Gasteiger partial charge >= 0.3 is 0 Å². The first-order valence-electron chi connectivity index (χ1n) is 7.60. The van der Waals surface area contributed by atoms with Crippen molar-refractivity contribution in [2.75, 3.05) is 5.32 Å². The molecule has 128 valence electrons. The highest BCUT2D eigenvalue weighted by atomic mass is 35.5.